The third kappa shape index (κ3) is 4.17. The molecule has 1 N–H and O–H groups in total. The van der Waals surface area contributed by atoms with E-state index < -0.39 is 0 Å². The number of hydrogen-bond donors (Lipinski definition) is 1. The highest BCUT2D eigenvalue weighted by atomic mass is 32.2. The second-order valence-electron chi connectivity index (χ2n) is 3.94. The van der Waals surface area contributed by atoms with E-state index in [4.69, 9.17) is 4.74 Å². The zero-order chi connectivity index (χ0) is 14.2. The van der Waals surface area contributed by atoms with Gasteiger partial charge in [0.25, 0.3) is 0 Å². The van der Waals surface area contributed by atoms with Crippen molar-refractivity contribution in [3.8, 4) is 5.95 Å². The topological polar surface area (TPSA) is 77.8 Å². The molecule has 0 bridgehead atoms. The molecule has 0 saturated carbocycles. The van der Waals surface area contributed by atoms with Gasteiger partial charge in [-0.3, -0.25) is 4.57 Å². The van der Waals surface area contributed by atoms with E-state index in [1.165, 1.54) is 0 Å². The Morgan fingerprint density at radius 2 is 2.25 bits per heavy atom. The molecule has 0 spiro atoms. The van der Waals surface area contributed by atoms with E-state index in [-0.39, 0.29) is 0 Å². The van der Waals surface area contributed by atoms with Crippen LogP contribution in [0.25, 0.3) is 5.95 Å². The maximum atomic E-state index is 5.03. The van der Waals surface area contributed by atoms with Gasteiger partial charge in [-0.05, 0) is 13.3 Å². The van der Waals surface area contributed by atoms with Crippen molar-refractivity contribution in [3.63, 3.8) is 0 Å². The molecular formula is C12H18N6OS. The third-order valence-corrected chi connectivity index (χ3v) is 3.33. The van der Waals surface area contributed by atoms with Gasteiger partial charge in [0.2, 0.25) is 11.9 Å². The molecule has 108 valence electrons. The van der Waals surface area contributed by atoms with Crippen LogP contribution in [-0.4, -0.2) is 50.5 Å². The Morgan fingerprint density at radius 1 is 1.35 bits per heavy atom. The van der Waals surface area contributed by atoms with Gasteiger partial charge in [-0.25, -0.2) is 4.98 Å². The van der Waals surface area contributed by atoms with Crippen LogP contribution in [0.1, 0.15) is 13.3 Å². The van der Waals surface area contributed by atoms with Crippen LogP contribution < -0.4 is 5.32 Å². The minimum atomic E-state index is 0.572. The van der Waals surface area contributed by atoms with E-state index >= 15 is 0 Å². The van der Waals surface area contributed by atoms with Gasteiger partial charge in [0, 0.05) is 38.4 Å². The molecule has 2 aromatic rings. The summed E-state index contributed by atoms with van der Waals surface area (Å²) in [5.41, 5.74) is 0. The fourth-order valence-electron chi connectivity index (χ4n) is 1.51. The van der Waals surface area contributed by atoms with Crippen molar-refractivity contribution in [3.05, 3.63) is 18.7 Å². The van der Waals surface area contributed by atoms with E-state index in [1.807, 2.05) is 13.1 Å². The molecule has 0 aliphatic rings. The van der Waals surface area contributed by atoms with E-state index in [9.17, 15) is 0 Å². The Morgan fingerprint density at radius 3 is 2.95 bits per heavy atom. The van der Waals surface area contributed by atoms with Gasteiger partial charge in [0.15, 0.2) is 5.16 Å². The van der Waals surface area contributed by atoms with Crippen LogP contribution in [0.3, 0.4) is 0 Å². The molecule has 2 heterocycles. The number of imidazole rings is 1. The van der Waals surface area contributed by atoms with Crippen LogP contribution in [0.5, 0.6) is 0 Å². The monoisotopic (exact) mass is 294 g/mol. The molecule has 0 atom stereocenters. The number of thioether (sulfide) groups is 1. The van der Waals surface area contributed by atoms with Crippen molar-refractivity contribution >= 4 is 17.7 Å². The van der Waals surface area contributed by atoms with Gasteiger partial charge in [0.05, 0.1) is 0 Å². The molecule has 0 amide bonds. The van der Waals surface area contributed by atoms with Gasteiger partial charge >= 0.3 is 0 Å². The van der Waals surface area contributed by atoms with Crippen molar-refractivity contribution < 1.29 is 4.74 Å². The summed E-state index contributed by atoms with van der Waals surface area (Å²) in [7, 11) is 1.70. The molecule has 20 heavy (non-hydrogen) atoms. The van der Waals surface area contributed by atoms with E-state index in [0.717, 1.165) is 25.3 Å². The summed E-state index contributed by atoms with van der Waals surface area (Å²) in [6.45, 7) is 3.51. The SMILES string of the molecule is CCNc1nc(SCCCOC)nc(-n2ccnc2)n1. The normalized spacial score (nSPS) is 10.7. The lowest BCUT2D eigenvalue weighted by atomic mass is 10.5. The molecule has 0 fully saturated rings. The maximum Gasteiger partial charge on any atom is 0.240 e. The summed E-state index contributed by atoms with van der Waals surface area (Å²) in [4.78, 5) is 17.2. The van der Waals surface area contributed by atoms with Crippen LogP contribution in [-0.2, 0) is 4.74 Å². The Balaban J connectivity index is 2.13. The van der Waals surface area contributed by atoms with Gasteiger partial charge in [-0.1, -0.05) is 11.8 Å². The third-order valence-electron chi connectivity index (χ3n) is 2.40. The van der Waals surface area contributed by atoms with Crippen molar-refractivity contribution in [2.45, 2.75) is 18.5 Å². The van der Waals surface area contributed by atoms with Crippen molar-refractivity contribution in [1.82, 2.24) is 24.5 Å². The number of methoxy groups -OCH3 is 1. The number of rotatable bonds is 8. The molecular weight excluding hydrogens is 276 g/mol. The highest BCUT2D eigenvalue weighted by molar-refractivity contribution is 7.99. The molecule has 0 saturated heterocycles. The van der Waals surface area contributed by atoms with Crippen molar-refractivity contribution in [2.75, 3.05) is 31.3 Å². The fourth-order valence-corrected chi connectivity index (χ4v) is 2.25. The number of nitrogens with zero attached hydrogens (tertiary/aromatic N) is 5. The average Bonchev–Trinajstić information content (AvgIpc) is 2.98. The first kappa shape index (κ1) is 14.7. The minimum absolute atomic E-state index is 0.572. The van der Waals surface area contributed by atoms with Crippen LogP contribution >= 0.6 is 11.8 Å². The molecule has 0 aliphatic carbocycles. The predicted molar refractivity (Wildman–Crippen MR) is 78.3 cm³/mol. The molecule has 0 aromatic carbocycles. The molecule has 8 heteroatoms. The number of aromatic nitrogens is 5. The lowest BCUT2D eigenvalue weighted by Crippen LogP contribution is -2.09. The first-order chi connectivity index (χ1) is 9.83. The highest BCUT2D eigenvalue weighted by Crippen LogP contribution is 2.17. The maximum absolute atomic E-state index is 5.03. The predicted octanol–water partition coefficient (Wildman–Crippen LogP) is 1.62. The Kier molecular flexibility index (Phi) is 5.75. The second-order valence-corrected chi connectivity index (χ2v) is 5.00. The Labute approximate surface area is 122 Å². The van der Waals surface area contributed by atoms with E-state index in [1.54, 1.807) is 36.0 Å². The first-order valence-electron chi connectivity index (χ1n) is 6.43. The van der Waals surface area contributed by atoms with Gasteiger partial charge in [-0.2, -0.15) is 15.0 Å². The zero-order valence-corrected chi connectivity index (χ0v) is 12.4. The molecule has 0 radical (unpaired) electrons. The zero-order valence-electron chi connectivity index (χ0n) is 11.6. The Hall–Kier alpha value is -1.67. The Bertz CT molecular complexity index is 519. The lowest BCUT2D eigenvalue weighted by Gasteiger charge is -2.07. The summed E-state index contributed by atoms with van der Waals surface area (Å²) in [5.74, 6) is 2.07. The van der Waals surface area contributed by atoms with Crippen LogP contribution in [0.2, 0.25) is 0 Å². The number of hydrogen-bond acceptors (Lipinski definition) is 7. The number of anilines is 1. The molecule has 0 unspecified atom stereocenters. The molecule has 2 rings (SSSR count). The summed E-state index contributed by atoms with van der Waals surface area (Å²) in [6.07, 6.45) is 6.14. The summed E-state index contributed by atoms with van der Waals surface area (Å²) >= 11 is 1.60. The smallest absolute Gasteiger partial charge is 0.240 e. The largest absolute Gasteiger partial charge is 0.385 e. The van der Waals surface area contributed by atoms with E-state index in [0.29, 0.717) is 17.1 Å². The molecule has 2 aromatic heterocycles. The minimum Gasteiger partial charge on any atom is -0.385 e. The second kappa shape index (κ2) is 7.81. The van der Waals surface area contributed by atoms with Crippen molar-refractivity contribution in [2.24, 2.45) is 0 Å². The lowest BCUT2D eigenvalue weighted by molar-refractivity contribution is 0.200. The van der Waals surface area contributed by atoms with E-state index in [2.05, 4.69) is 25.3 Å². The van der Waals surface area contributed by atoms with Gasteiger partial charge in [-0.15, -0.1) is 0 Å². The standard InChI is InChI=1S/C12H18N6OS/c1-3-14-10-15-11(18-6-5-13-9-18)17-12(16-10)20-8-4-7-19-2/h5-6,9H,3-4,7-8H2,1-2H3,(H,14,15,16,17). The fraction of sp³-hybridized carbons (Fsp3) is 0.500. The summed E-state index contributed by atoms with van der Waals surface area (Å²) < 4.78 is 6.80. The summed E-state index contributed by atoms with van der Waals surface area (Å²) in [5, 5.41) is 3.82. The van der Waals surface area contributed by atoms with Crippen molar-refractivity contribution in [1.29, 1.82) is 0 Å². The van der Waals surface area contributed by atoms with Crippen LogP contribution in [0.4, 0.5) is 5.95 Å². The average molecular weight is 294 g/mol. The molecule has 0 aliphatic heterocycles. The quantitative estimate of drug-likeness (QED) is 0.585. The number of ether oxygens (including phenoxy) is 1. The van der Waals surface area contributed by atoms with Crippen LogP contribution in [0, 0.1) is 0 Å². The van der Waals surface area contributed by atoms with Gasteiger partial charge < -0.3 is 10.1 Å². The highest BCUT2D eigenvalue weighted by Gasteiger charge is 2.08. The number of nitrogens with one attached hydrogen (secondary N) is 1. The molecule has 7 nitrogen and oxygen atoms in total. The van der Waals surface area contributed by atoms with Crippen LogP contribution in [0.15, 0.2) is 23.9 Å². The van der Waals surface area contributed by atoms with Gasteiger partial charge in [0.1, 0.15) is 6.33 Å². The summed E-state index contributed by atoms with van der Waals surface area (Å²) in [6, 6.07) is 0. The first-order valence-corrected chi connectivity index (χ1v) is 7.42.